The monoisotopic (exact) mass is 289 g/mol. The summed E-state index contributed by atoms with van der Waals surface area (Å²) in [5.74, 6) is -1.09. The third-order valence-corrected chi connectivity index (χ3v) is 3.30. The van der Waals surface area contributed by atoms with Crippen LogP contribution in [-0.4, -0.2) is 32.7 Å². The second-order valence-electron chi connectivity index (χ2n) is 3.79. The summed E-state index contributed by atoms with van der Waals surface area (Å²) in [4.78, 5) is 31.1. The van der Waals surface area contributed by atoms with Crippen LogP contribution < -0.4 is 5.32 Å². The maximum absolute atomic E-state index is 11.7. The number of nitrogens with zero attached hydrogens (tertiary/aromatic N) is 2. The van der Waals surface area contributed by atoms with Crippen molar-refractivity contribution in [2.45, 2.75) is 4.90 Å². The Labute approximate surface area is 119 Å². The molecule has 2 aromatic rings. The van der Waals surface area contributed by atoms with Crippen molar-refractivity contribution in [2.24, 2.45) is 0 Å². The number of rotatable bonds is 5. The van der Waals surface area contributed by atoms with Gasteiger partial charge in [-0.1, -0.05) is 0 Å². The van der Waals surface area contributed by atoms with E-state index in [0.717, 1.165) is 4.90 Å². The number of amides is 1. The Bertz CT molecular complexity index is 619. The molecule has 2 rings (SSSR count). The van der Waals surface area contributed by atoms with Gasteiger partial charge in [0.05, 0.1) is 23.2 Å². The molecule has 0 saturated carbocycles. The first-order chi connectivity index (χ1) is 9.65. The number of hydrogen-bond donors (Lipinski definition) is 2. The number of nitrogens with one attached hydrogen (secondary N) is 1. The molecule has 7 heteroatoms. The van der Waals surface area contributed by atoms with Crippen LogP contribution in [0.25, 0.3) is 0 Å². The zero-order valence-electron chi connectivity index (χ0n) is 10.3. The second kappa shape index (κ2) is 6.67. The lowest BCUT2D eigenvalue weighted by atomic mass is 10.2. The molecule has 102 valence electrons. The number of carbonyl (C=O) groups is 2. The lowest BCUT2D eigenvalue weighted by Gasteiger charge is -2.05. The maximum atomic E-state index is 11.7. The Hall–Kier alpha value is -2.41. The number of aromatic nitrogens is 2. The van der Waals surface area contributed by atoms with E-state index in [1.165, 1.54) is 30.2 Å². The van der Waals surface area contributed by atoms with Gasteiger partial charge in [-0.15, -0.1) is 11.8 Å². The van der Waals surface area contributed by atoms with Gasteiger partial charge >= 0.3 is 5.97 Å². The van der Waals surface area contributed by atoms with Crippen molar-refractivity contribution in [1.29, 1.82) is 0 Å². The standard InChI is InChI=1S/C13H11N3O3S/c17-12(8-20-11-1-3-14-4-2-11)16-10-5-9(13(18)19)6-15-7-10/h1-7H,8H2,(H,16,17)(H,18,19). The SMILES string of the molecule is O=C(CSc1ccncc1)Nc1cncc(C(=O)O)c1. The molecule has 2 N–H and O–H groups in total. The predicted molar refractivity (Wildman–Crippen MR) is 74.8 cm³/mol. The first-order valence-corrected chi connectivity index (χ1v) is 6.65. The average Bonchev–Trinajstić information content (AvgIpc) is 2.46. The first kappa shape index (κ1) is 14.0. The van der Waals surface area contributed by atoms with Crippen LogP contribution in [0.5, 0.6) is 0 Å². The highest BCUT2D eigenvalue weighted by molar-refractivity contribution is 8.00. The van der Waals surface area contributed by atoms with E-state index in [-0.39, 0.29) is 17.2 Å². The van der Waals surface area contributed by atoms with Gasteiger partial charge in [-0.2, -0.15) is 0 Å². The molecule has 0 radical (unpaired) electrons. The Kier molecular flexibility index (Phi) is 4.67. The number of carbonyl (C=O) groups excluding carboxylic acids is 1. The fourth-order valence-electron chi connectivity index (χ4n) is 1.41. The summed E-state index contributed by atoms with van der Waals surface area (Å²) in [6.45, 7) is 0. The van der Waals surface area contributed by atoms with Crippen molar-refractivity contribution in [3.05, 3.63) is 48.5 Å². The Morgan fingerprint density at radius 2 is 1.95 bits per heavy atom. The van der Waals surface area contributed by atoms with Crippen LogP contribution in [0.2, 0.25) is 0 Å². The van der Waals surface area contributed by atoms with Crippen LogP contribution in [0.1, 0.15) is 10.4 Å². The molecule has 0 aliphatic rings. The minimum absolute atomic E-state index is 0.0320. The lowest BCUT2D eigenvalue weighted by Crippen LogP contribution is -2.14. The van der Waals surface area contributed by atoms with Gasteiger partial charge in [0.1, 0.15) is 0 Å². The normalized spacial score (nSPS) is 10.0. The topological polar surface area (TPSA) is 92.2 Å². The highest BCUT2D eigenvalue weighted by Gasteiger charge is 2.07. The van der Waals surface area contributed by atoms with E-state index >= 15 is 0 Å². The van der Waals surface area contributed by atoms with E-state index < -0.39 is 5.97 Å². The Morgan fingerprint density at radius 1 is 1.20 bits per heavy atom. The van der Waals surface area contributed by atoms with Crippen LogP contribution in [0.4, 0.5) is 5.69 Å². The van der Waals surface area contributed by atoms with E-state index in [4.69, 9.17) is 5.11 Å². The number of pyridine rings is 2. The molecule has 0 saturated heterocycles. The van der Waals surface area contributed by atoms with Crippen LogP contribution >= 0.6 is 11.8 Å². The Morgan fingerprint density at radius 3 is 2.65 bits per heavy atom. The van der Waals surface area contributed by atoms with Gasteiger partial charge in [0.15, 0.2) is 0 Å². The van der Waals surface area contributed by atoms with Gasteiger partial charge in [-0.05, 0) is 18.2 Å². The maximum Gasteiger partial charge on any atom is 0.337 e. The van der Waals surface area contributed by atoms with Crippen LogP contribution in [-0.2, 0) is 4.79 Å². The molecule has 0 unspecified atom stereocenters. The van der Waals surface area contributed by atoms with Crippen molar-refractivity contribution in [3.8, 4) is 0 Å². The summed E-state index contributed by atoms with van der Waals surface area (Å²) in [7, 11) is 0. The molecular weight excluding hydrogens is 278 g/mol. The summed E-state index contributed by atoms with van der Waals surface area (Å²) in [6.07, 6.45) is 5.94. The zero-order valence-corrected chi connectivity index (χ0v) is 11.1. The van der Waals surface area contributed by atoms with Gasteiger partial charge in [0.2, 0.25) is 5.91 Å². The van der Waals surface area contributed by atoms with Crippen molar-refractivity contribution in [2.75, 3.05) is 11.1 Å². The minimum atomic E-state index is -1.08. The molecule has 0 spiro atoms. The van der Waals surface area contributed by atoms with Crippen molar-refractivity contribution < 1.29 is 14.7 Å². The Balaban J connectivity index is 1.91. The molecular formula is C13H11N3O3S. The van der Waals surface area contributed by atoms with Crippen LogP contribution in [0.15, 0.2) is 47.9 Å². The van der Waals surface area contributed by atoms with E-state index in [9.17, 15) is 9.59 Å². The van der Waals surface area contributed by atoms with Crippen LogP contribution in [0.3, 0.4) is 0 Å². The molecule has 2 aromatic heterocycles. The van der Waals surface area contributed by atoms with Crippen molar-refractivity contribution in [1.82, 2.24) is 9.97 Å². The zero-order chi connectivity index (χ0) is 14.4. The fourth-order valence-corrected chi connectivity index (χ4v) is 2.09. The number of carboxylic acid groups (broad SMARTS) is 1. The largest absolute Gasteiger partial charge is 0.478 e. The number of aromatic carboxylic acids is 1. The predicted octanol–water partition coefficient (Wildman–Crippen LogP) is 1.91. The van der Waals surface area contributed by atoms with Gasteiger partial charge in [-0.3, -0.25) is 14.8 Å². The highest BCUT2D eigenvalue weighted by atomic mass is 32.2. The fraction of sp³-hybridized carbons (Fsp3) is 0.0769. The van der Waals surface area contributed by atoms with Crippen LogP contribution in [0, 0.1) is 0 Å². The number of hydrogen-bond acceptors (Lipinski definition) is 5. The number of anilines is 1. The molecule has 0 aliphatic heterocycles. The van der Waals surface area contributed by atoms with E-state index in [1.54, 1.807) is 12.4 Å². The third kappa shape index (κ3) is 4.06. The van der Waals surface area contributed by atoms with Gasteiger partial charge in [0, 0.05) is 23.5 Å². The number of thioether (sulfide) groups is 1. The summed E-state index contributed by atoms with van der Waals surface area (Å²) < 4.78 is 0. The molecule has 2 heterocycles. The third-order valence-electron chi connectivity index (χ3n) is 2.29. The first-order valence-electron chi connectivity index (χ1n) is 5.66. The van der Waals surface area contributed by atoms with Gasteiger partial charge in [0.25, 0.3) is 0 Å². The average molecular weight is 289 g/mol. The summed E-state index contributed by atoms with van der Waals surface area (Å²) in [5, 5.41) is 11.4. The summed E-state index contributed by atoms with van der Waals surface area (Å²) >= 11 is 1.37. The quantitative estimate of drug-likeness (QED) is 0.817. The molecule has 0 bridgehead atoms. The van der Waals surface area contributed by atoms with Gasteiger partial charge < -0.3 is 10.4 Å². The van der Waals surface area contributed by atoms with E-state index in [0.29, 0.717) is 5.69 Å². The van der Waals surface area contributed by atoms with Crippen molar-refractivity contribution >= 4 is 29.3 Å². The molecule has 0 aromatic carbocycles. The number of carboxylic acids is 1. The molecule has 0 aliphatic carbocycles. The summed E-state index contributed by atoms with van der Waals surface area (Å²) in [5.41, 5.74) is 0.398. The molecule has 20 heavy (non-hydrogen) atoms. The summed E-state index contributed by atoms with van der Waals surface area (Å²) in [6, 6.07) is 4.99. The van der Waals surface area contributed by atoms with Gasteiger partial charge in [-0.25, -0.2) is 4.79 Å². The highest BCUT2D eigenvalue weighted by Crippen LogP contribution is 2.16. The smallest absolute Gasteiger partial charge is 0.337 e. The van der Waals surface area contributed by atoms with E-state index in [1.807, 2.05) is 12.1 Å². The lowest BCUT2D eigenvalue weighted by molar-refractivity contribution is -0.113. The second-order valence-corrected chi connectivity index (χ2v) is 4.84. The van der Waals surface area contributed by atoms with E-state index in [2.05, 4.69) is 15.3 Å². The molecule has 0 atom stereocenters. The molecule has 6 nitrogen and oxygen atoms in total. The van der Waals surface area contributed by atoms with Crippen molar-refractivity contribution in [3.63, 3.8) is 0 Å². The minimum Gasteiger partial charge on any atom is -0.478 e. The molecule has 1 amide bonds. The molecule has 0 fully saturated rings.